The van der Waals surface area contributed by atoms with Gasteiger partial charge in [-0.15, -0.1) is 0 Å². The molecule has 3 rings (SSSR count). The number of rotatable bonds is 3. The van der Waals surface area contributed by atoms with Crippen molar-refractivity contribution < 1.29 is 0 Å². The highest BCUT2D eigenvalue weighted by Gasteiger charge is 2.26. The quantitative estimate of drug-likeness (QED) is 0.787. The molecule has 1 saturated carbocycles. The number of hydrogen-bond donors (Lipinski definition) is 3. The minimum absolute atomic E-state index is 0.271. The maximum absolute atomic E-state index is 5.72. The number of fused-ring (bicyclic) bond motifs is 1. The van der Waals surface area contributed by atoms with Gasteiger partial charge in [-0.3, -0.25) is 5.10 Å². The third-order valence-corrected chi connectivity index (χ3v) is 4.07. The molecule has 102 valence electrons. The Kier molecular flexibility index (Phi) is 3.00. The molecule has 1 aliphatic carbocycles. The topological polar surface area (TPSA) is 92.5 Å². The molecule has 2 heterocycles. The largest absolute Gasteiger partial charge is 0.369 e. The highest BCUT2D eigenvalue weighted by molar-refractivity contribution is 5.86. The zero-order valence-electron chi connectivity index (χ0n) is 11.2. The number of aromatic nitrogens is 4. The van der Waals surface area contributed by atoms with E-state index in [9.17, 15) is 0 Å². The van der Waals surface area contributed by atoms with Crippen LogP contribution in [0.25, 0.3) is 11.0 Å². The van der Waals surface area contributed by atoms with Crippen LogP contribution in [0.15, 0.2) is 6.20 Å². The number of aromatic amines is 1. The average Bonchev–Trinajstić information content (AvgIpc) is 2.85. The summed E-state index contributed by atoms with van der Waals surface area (Å²) in [4.78, 5) is 8.40. The summed E-state index contributed by atoms with van der Waals surface area (Å²) in [5, 5.41) is 11.1. The second kappa shape index (κ2) is 4.68. The summed E-state index contributed by atoms with van der Waals surface area (Å²) < 4.78 is 0. The molecule has 0 amide bonds. The van der Waals surface area contributed by atoms with Gasteiger partial charge in [0.1, 0.15) is 5.82 Å². The standard InChI is InChI=1S/C13H20N6/c1-13(5-3-2-4-6-13)8-15-10-9-7-16-19-11(9)18-12(14)17-10/h7H,2-6,8H2,1H3,(H4,14,15,16,17,18,19). The van der Waals surface area contributed by atoms with Crippen molar-refractivity contribution in [1.82, 2.24) is 20.2 Å². The highest BCUT2D eigenvalue weighted by atomic mass is 15.2. The van der Waals surface area contributed by atoms with Gasteiger partial charge in [-0.1, -0.05) is 26.2 Å². The minimum atomic E-state index is 0.271. The molecule has 0 saturated heterocycles. The van der Waals surface area contributed by atoms with Gasteiger partial charge in [-0.25, -0.2) is 0 Å². The summed E-state index contributed by atoms with van der Waals surface area (Å²) in [5.41, 5.74) is 6.75. The third-order valence-electron chi connectivity index (χ3n) is 4.07. The predicted molar refractivity (Wildman–Crippen MR) is 75.8 cm³/mol. The molecular weight excluding hydrogens is 240 g/mol. The molecule has 1 fully saturated rings. The van der Waals surface area contributed by atoms with E-state index in [4.69, 9.17) is 5.73 Å². The molecule has 0 aliphatic heterocycles. The van der Waals surface area contributed by atoms with Crippen molar-refractivity contribution in [2.45, 2.75) is 39.0 Å². The van der Waals surface area contributed by atoms with E-state index < -0.39 is 0 Å². The molecule has 0 unspecified atom stereocenters. The molecule has 6 heteroatoms. The van der Waals surface area contributed by atoms with Crippen molar-refractivity contribution in [2.75, 3.05) is 17.6 Å². The molecule has 4 N–H and O–H groups in total. The molecule has 6 nitrogen and oxygen atoms in total. The number of hydrogen-bond acceptors (Lipinski definition) is 5. The van der Waals surface area contributed by atoms with Gasteiger partial charge in [0.2, 0.25) is 5.95 Å². The molecule has 2 aromatic heterocycles. The van der Waals surface area contributed by atoms with E-state index in [-0.39, 0.29) is 5.95 Å². The van der Waals surface area contributed by atoms with Crippen LogP contribution in [0.4, 0.5) is 11.8 Å². The summed E-state index contributed by atoms with van der Waals surface area (Å²) in [6, 6.07) is 0. The Balaban J connectivity index is 1.79. The molecular formula is C13H20N6. The monoisotopic (exact) mass is 260 g/mol. The number of anilines is 2. The van der Waals surface area contributed by atoms with E-state index in [1.165, 1.54) is 32.1 Å². The van der Waals surface area contributed by atoms with E-state index in [2.05, 4.69) is 32.4 Å². The van der Waals surface area contributed by atoms with Crippen molar-refractivity contribution in [3.05, 3.63) is 6.20 Å². The van der Waals surface area contributed by atoms with Gasteiger partial charge in [0, 0.05) is 6.54 Å². The van der Waals surface area contributed by atoms with Crippen molar-refractivity contribution in [3.8, 4) is 0 Å². The summed E-state index contributed by atoms with van der Waals surface area (Å²) in [7, 11) is 0. The van der Waals surface area contributed by atoms with Crippen molar-refractivity contribution in [2.24, 2.45) is 5.41 Å². The average molecular weight is 260 g/mol. The lowest BCUT2D eigenvalue weighted by Crippen LogP contribution is -2.29. The van der Waals surface area contributed by atoms with Crippen molar-refractivity contribution in [1.29, 1.82) is 0 Å². The first-order valence-corrected chi connectivity index (χ1v) is 6.87. The van der Waals surface area contributed by atoms with Crippen LogP contribution in [-0.4, -0.2) is 26.7 Å². The van der Waals surface area contributed by atoms with Gasteiger partial charge < -0.3 is 11.1 Å². The Hall–Kier alpha value is -1.85. The van der Waals surface area contributed by atoms with Gasteiger partial charge in [-0.05, 0) is 18.3 Å². The first-order chi connectivity index (χ1) is 9.16. The Morgan fingerprint density at radius 2 is 2.11 bits per heavy atom. The zero-order chi connectivity index (χ0) is 13.3. The molecule has 0 spiro atoms. The van der Waals surface area contributed by atoms with Gasteiger partial charge in [0.05, 0.1) is 11.6 Å². The van der Waals surface area contributed by atoms with Gasteiger partial charge in [-0.2, -0.15) is 15.1 Å². The van der Waals surface area contributed by atoms with Crippen LogP contribution in [0, 0.1) is 5.41 Å². The lowest BCUT2D eigenvalue weighted by atomic mass is 9.76. The SMILES string of the molecule is CC1(CNc2nc(N)nc3[nH]ncc23)CCCCC1. The minimum Gasteiger partial charge on any atom is -0.369 e. The fourth-order valence-electron chi connectivity index (χ4n) is 2.87. The Morgan fingerprint density at radius 3 is 2.89 bits per heavy atom. The fraction of sp³-hybridized carbons (Fsp3) is 0.615. The molecule has 0 aromatic carbocycles. The van der Waals surface area contributed by atoms with Crippen molar-refractivity contribution >= 4 is 22.8 Å². The second-order valence-electron chi connectivity index (χ2n) is 5.79. The molecule has 19 heavy (non-hydrogen) atoms. The number of H-pyrrole nitrogens is 1. The van der Waals surface area contributed by atoms with Crippen LogP contribution in [0.5, 0.6) is 0 Å². The van der Waals surface area contributed by atoms with Gasteiger partial charge in [0.25, 0.3) is 0 Å². The van der Waals surface area contributed by atoms with E-state index in [0.717, 1.165) is 17.7 Å². The summed E-state index contributed by atoms with van der Waals surface area (Å²) in [5.74, 6) is 1.05. The van der Waals surface area contributed by atoms with E-state index in [0.29, 0.717) is 11.1 Å². The van der Waals surface area contributed by atoms with Crippen LogP contribution in [0.2, 0.25) is 0 Å². The van der Waals surface area contributed by atoms with Crippen LogP contribution >= 0.6 is 0 Å². The Bertz CT molecular complexity index is 570. The normalized spacial score (nSPS) is 18.6. The predicted octanol–water partition coefficient (Wildman–Crippen LogP) is 2.32. The third kappa shape index (κ3) is 2.47. The molecule has 1 aliphatic rings. The van der Waals surface area contributed by atoms with Crippen LogP contribution in [0.3, 0.4) is 0 Å². The highest BCUT2D eigenvalue weighted by Crippen LogP contribution is 2.36. The van der Waals surface area contributed by atoms with Crippen molar-refractivity contribution in [3.63, 3.8) is 0 Å². The van der Waals surface area contributed by atoms with Gasteiger partial charge in [0.15, 0.2) is 5.65 Å². The van der Waals surface area contributed by atoms with Crippen LogP contribution in [0.1, 0.15) is 39.0 Å². The summed E-state index contributed by atoms with van der Waals surface area (Å²) >= 11 is 0. The fourth-order valence-corrected chi connectivity index (χ4v) is 2.87. The Morgan fingerprint density at radius 1 is 1.32 bits per heavy atom. The van der Waals surface area contributed by atoms with Gasteiger partial charge >= 0.3 is 0 Å². The van der Waals surface area contributed by atoms with E-state index in [1.807, 2.05) is 0 Å². The number of nitrogens with two attached hydrogens (primary N) is 1. The maximum Gasteiger partial charge on any atom is 0.224 e. The molecule has 0 bridgehead atoms. The first kappa shape index (κ1) is 12.2. The molecule has 2 aromatic rings. The van der Waals surface area contributed by atoms with Crippen LogP contribution in [-0.2, 0) is 0 Å². The summed E-state index contributed by atoms with van der Waals surface area (Å²) in [6.45, 7) is 3.26. The first-order valence-electron chi connectivity index (χ1n) is 6.87. The second-order valence-corrected chi connectivity index (χ2v) is 5.79. The number of nitrogens with zero attached hydrogens (tertiary/aromatic N) is 3. The molecule has 0 radical (unpaired) electrons. The lowest BCUT2D eigenvalue weighted by molar-refractivity contribution is 0.233. The smallest absolute Gasteiger partial charge is 0.224 e. The van der Waals surface area contributed by atoms with E-state index in [1.54, 1.807) is 6.20 Å². The zero-order valence-corrected chi connectivity index (χ0v) is 11.2. The summed E-state index contributed by atoms with van der Waals surface area (Å²) in [6.07, 6.45) is 8.29. The maximum atomic E-state index is 5.72. The number of nitrogens with one attached hydrogen (secondary N) is 2. The number of nitrogen functional groups attached to an aromatic ring is 1. The molecule has 0 atom stereocenters. The van der Waals surface area contributed by atoms with Crippen LogP contribution < -0.4 is 11.1 Å². The lowest BCUT2D eigenvalue weighted by Gasteiger charge is -2.33. The Labute approximate surface area is 112 Å². The van der Waals surface area contributed by atoms with E-state index >= 15 is 0 Å².